The van der Waals surface area contributed by atoms with Crippen molar-refractivity contribution in [2.75, 3.05) is 31.6 Å². The molecular formula is C20H32N4O. The molecule has 25 heavy (non-hydrogen) atoms. The second-order valence-corrected chi connectivity index (χ2v) is 8.80. The molecule has 0 aromatic carbocycles. The van der Waals surface area contributed by atoms with E-state index in [2.05, 4.69) is 48.0 Å². The Bertz CT molecular complexity index is 581. The Kier molecular flexibility index (Phi) is 5.30. The number of amides is 1. The van der Waals surface area contributed by atoms with Gasteiger partial charge in [-0.15, -0.1) is 5.10 Å². The van der Waals surface area contributed by atoms with Gasteiger partial charge in [0.2, 0.25) is 5.91 Å². The van der Waals surface area contributed by atoms with Gasteiger partial charge in [0.05, 0.1) is 5.69 Å². The molecule has 0 spiro atoms. The minimum atomic E-state index is 0.0378. The summed E-state index contributed by atoms with van der Waals surface area (Å²) < 4.78 is 0. The van der Waals surface area contributed by atoms with Crippen molar-refractivity contribution in [3.63, 3.8) is 0 Å². The summed E-state index contributed by atoms with van der Waals surface area (Å²) in [7, 11) is 1.98. The number of hydrogen-bond acceptors (Lipinski definition) is 4. The van der Waals surface area contributed by atoms with E-state index in [0.717, 1.165) is 56.8 Å². The van der Waals surface area contributed by atoms with Crippen LogP contribution in [0.5, 0.6) is 0 Å². The predicted molar refractivity (Wildman–Crippen MR) is 101 cm³/mol. The summed E-state index contributed by atoms with van der Waals surface area (Å²) in [6, 6.07) is 4.19. The average Bonchev–Trinajstić information content (AvgIpc) is 2.53. The minimum absolute atomic E-state index is 0.0378. The number of carbonyl (C=O) groups excluding carboxylic acids is 1. The molecule has 1 saturated carbocycles. The van der Waals surface area contributed by atoms with E-state index in [9.17, 15) is 4.79 Å². The maximum atomic E-state index is 12.3. The van der Waals surface area contributed by atoms with Gasteiger partial charge in [-0.2, -0.15) is 5.10 Å². The Labute approximate surface area is 151 Å². The van der Waals surface area contributed by atoms with Gasteiger partial charge < -0.3 is 9.80 Å². The molecule has 0 unspecified atom stereocenters. The number of nitrogens with zero attached hydrogens (tertiary/aromatic N) is 4. The zero-order valence-corrected chi connectivity index (χ0v) is 16.2. The molecule has 1 aliphatic carbocycles. The number of piperidine rings is 1. The summed E-state index contributed by atoms with van der Waals surface area (Å²) in [6.07, 6.45) is 5.63. The van der Waals surface area contributed by atoms with Crippen LogP contribution in [-0.4, -0.2) is 47.7 Å². The molecule has 1 aromatic heterocycles. The van der Waals surface area contributed by atoms with E-state index < -0.39 is 0 Å². The topological polar surface area (TPSA) is 49.3 Å². The fourth-order valence-corrected chi connectivity index (χ4v) is 3.68. The molecule has 2 heterocycles. The van der Waals surface area contributed by atoms with Gasteiger partial charge in [-0.25, -0.2) is 0 Å². The molecular weight excluding hydrogens is 312 g/mol. The van der Waals surface area contributed by atoms with Crippen molar-refractivity contribution < 1.29 is 4.79 Å². The monoisotopic (exact) mass is 344 g/mol. The second-order valence-electron chi connectivity index (χ2n) is 8.80. The predicted octanol–water partition coefficient (Wildman–Crippen LogP) is 3.25. The Hall–Kier alpha value is -1.65. The van der Waals surface area contributed by atoms with E-state index in [4.69, 9.17) is 0 Å². The van der Waals surface area contributed by atoms with E-state index >= 15 is 0 Å². The SMILES string of the molecule is CN(CC1CCN(c2ccc(C(C)(C)C)nn2)CC1)C(=O)C1CCC1. The molecule has 1 aromatic rings. The van der Waals surface area contributed by atoms with E-state index in [1.54, 1.807) is 0 Å². The van der Waals surface area contributed by atoms with Crippen LogP contribution in [0.3, 0.4) is 0 Å². The van der Waals surface area contributed by atoms with Gasteiger partial charge in [0.1, 0.15) is 0 Å². The highest BCUT2D eigenvalue weighted by Crippen LogP contribution is 2.29. The highest BCUT2D eigenvalue weighted by molar-refractivity contribution is 5.79. The minimum Gasteiger partial charge on any atom is -0.355 e. The lowest BCUT2D eigenvalue weighted by atomic mass is 9.84. The van der Waals surface area contributed by atoms with Gasteiger partial charge in [-0.05, 0) is 43.7 Å². The van der Waals surface area contributed by atoms with E-state index in [-0.39, 0.29) is 5.41 Å². The van der Waals surface area contributed by atoms with Crippen LogP contribution in [0.4, 0.5) is 5.82 Å². The summed E-state index contributed by atoms with van der Waals surface area (Å²) in [4.78, 5) is 16.6. The van der Waals surface area contributed by atoms with Gasteiger partial charge in [0.15, 0.2) is 5.82 Å². The fraction of sp³-hybridized carbons (Fsp3) is 0.750. The van der Waals surface area contributed by atoms with Crippen LogP contribution in [0.25, 0.3) is 0 Å². The molecule has 1 aliphatic heterocycles. The van der Waals surface area contributed by atoms with Gasteiger partial charge in [0.25, 0.3) is 0 Å². The molecule has 0 atom stereocenters. The van der Waals surface area contributed by atoms with E-state index in [0.29, 0.717) is 17.7 Å². The van der Waals surface area contributed by atoms with Crippen LogP contribution in [0.15, 0.2) is 12.1 Å². The number of hydrogen-bond donors (Lipinski definition) is 0. The highest BCUT2D eigenvalue weighted by Gasteiger charge is 2.30. The van der Waals surface area contributed by atoms with Gasteiger partial charge >= 0.3 is 0 Å². The Morgan fingerprint density at radius 3 is 2.32 bits per heavy atom. The zero-order chi connectivity index (χ0) is 18.0. The fourth-order valence-electron chi connectivity index (χ4n) is 3.68. The Morgan fingerprint density at radius 2 is 1.84 bits per heavy atom. The number of rotatable bonds is 4. The molecule has 3 rings (SSSR count). The van der Waals surface area contributed by atoms with Crippen LogP contribution in [0.1, 0.15) is 58.6 Å². The molecule has 138 valence electrons. The molecule has 5 heteroatoms. The van der Waals surface area contributed by atoms with E-state index in [1.165, 1.54) is 6.42 Å². The summed E-state index contributed by atoms with van der Waals surface area (Å²) in [5.74, 6) is 2.25. The van der Waals surface area contributed by atoms with Crippen LogP contribution in [-0.2, 0) is 10.2 Å². The molecule has 1 saturated heterocycles. The van der Waals surface area contributed by atoms with Gasteiger partial charge in [-0.3, -0.25) is 4.79 Å². The lowest BCUT2D eigenvalue weighted by molar-refractivity contribution is -0.137. The van der Waals surface area contributed by atoms with Crippen LogP contribution >= 0.6 is 0 Å². The van der Waals surface area contributed by atoms with Crippen molar-refractivity contribution >= 4 is 11.7 Å². The van der Waals surface area contributed by atoms with Crippen molar-refractivity contribution in [2.45, 2.75) is 58.3 Å². The zero-order valence-electron chi connectivity index (χ0n) is 16.2. The van der Waals surface area contributed by atoms with Crippen molar-refractivity contribution in [3.8, 4) is 0 Å². The Balaban J connectivity index is 1.49. The molecule has 1 amide bonds. The molecule has 2 aliphatic rings. The summed E-state index contributed by atoms with van der Waals surface area (Å²) >= 11 is 0. The maximum absolute atomic E-state index is 12.3. The molecule has 0 radical (unpaired) electrons. The third-order valence-corrected chi connectivity index (χ3v) is 5.72. The van der Waals surface area contributed by atoms with Crippen molar-refractivity contribution in [1.82, 2.24) is 15.1 Å². The quantitative estimate of drug-likeness (QED) is 0.841. The average molecular weight is 345 g/mol. The van der Waals surface area contributed by atoms with Crippen molar-refractivity contribution in [2.24, 2.45) is 11.8 Å². The standard InChI is InChI=1S/C20H32N4O/c1-20(2,3)17-8-9-18(22-21-17)24-12-10-15(11-13-24)14-23(4)19(25)16-6-5-7-16/h8-9,15-16H,5-7,10-14H2,1-4H3. The maximum Gasteiger partial charge on any atom is 0.225 e. The Morgan fingerprint density at radius 1 is 1.16 bits per heavy atom. The first-order chi connectivity index (χ1) is 11.8. The lowest BCUT2D eigenvalue weighted by Crippen LogP contribution is -2.42. The number of anilines is 1. The summed E-state index contributed by atoms with van der Waals surface area (Å²) in [5.41, 5.74) is 1.07. The van der Waals surface area contributed by atoms with Crippen LogP contribution < -0.4 is 4.90 Å². The largest absolute Gasteiger partial charge is 0.355 e. The van der Waals surface area contributed by atoms with Crippen molar-refractivity contribution in [3.05, 3.63) is 17.8 Å². The third kappa shape index (κ3) is 4.31. The van der Waals surface area contributed by atoms with Gasteiger partial charge in [0, 0.05) is 38.0 Å². The first-order valence-electron chi connectivity index (χ1n) is 9.69. The lowest BCUT2D eigenvalue weighted by Gasteiger charge is -2.36. The third-order valence-electron chi connectivity index (χ3n) is 5.72. The molecule has 5 nitrogen and oxygen atoms in total. The molecule has 2 fully saturated rings. The second kappa shape index (κ2) is 7.30. The smallest absolute Gasteiger partial charge is 0.225 e. The summed E-state index contributed by atoms with van der Waals surface area (Å²) in [6.45, 7) is 9.37. The number of aromatic nitrogens is 2. The van der Waals surface area contributed by atoms with Gasteiger partial charge in [-0.1, -0.05) is 27.2 Å². The van der Waals surface area contributed by atoms with Crippen LogP contribution in [0, 0.1) is 11.8 Å². The molecule has 0 N–H and O–H groups in total. The highest BCUT2D eigenvalue weighted by atomic mass is 16.2. The van der Waals surface area contributed by atoms with E-state index in [1.807, 2.05) is 11.9 Å². The first kappa shape index (κ1) is 18.2. The van der Waals surface area contributed by atoms with Crippen LogP contribution in [0.2, 0.25) is 0 Å². The first-order valence-corrected chi connectivity index (χ1v) is 9.69. The van der Waals surface area contributed by atoms with Crippen molar-refractivity contribution in [1.29, 1.82) is 0 Å². The number of carbonyl (C=O) groups is 1. The molecule has 0 bridgehead atoms. The summed E-state index contributed by atoms with van der Waals surface area (Å²) in [5, 5.41) is 8.84. The normalized spacial score (nSPS) is 19.6.